The summed E-state index contributed by atoms with van der Waals surface area (Å²) in [4.78, 5) is 26.9. The van der Waals surface area contributed by atoms with Gasteiger partial charge in [0, 0.05) is 12.7 Å². The summed E-state index contributed by atoms with van der Waals surface area (Å²) < 4.78 is 0. The van der Waals surface area contributed by atoms with Crippen LogP contribution in [0.1, 0.15) is 32.0 Å². The first-order valence-electron chi connectivity index (χ1n) is 6.60. The number of carboxylic acids is 1. The van der Waals surface area contributed by atoms with Crippen LogP contribution in [-0.4, -0.2) is 28.5 Å². The van der Waals surface area contributed by atoms with Gasteiger partial charge in [0.2, 0.25) is 0 Å². The van der Waals surface area contributed by atoms with Crippen molar-refractivity contribution in [2.75, 3.05) is 6.54 Å². The molecule has 5 nitrogen and oxygen atoms in total. The van der Waals surface area contributed by atoms with E-state index in [1.165, 1.54) is 18.3 Å². The van der Waals surface area contributed by atoms with E-state index < -0.39 is 11.9 Å². The minimum Gasteiger partial charge on any atom is -0.478 e. The molecule has 1 amide bonds. The summed E-state index contributed by atoms with van der Waals surface area (Å²) in [7, 11) is 0. The average molecular weight is 284 g/mol. The van der Waals surface area contributed by atoms with Crippen molar-refractivity contribution in [2.45, 2.75) is 13.3 Å². The van der Waals surface area contributed by atoms with Crippen molar-refractivity contribution < 1.29 is 14.7 Å². The number of hydrogen-bond acceptors (Lipinski definition) is 3. The highest BCUT2D eigenvalue weighted by atomic mass is 16.4. The molecule has 0 aliphatic carbocycles. The molecule has 0 bridgehead atoms. The number of aromatic carboxylic acids is 1. The molecule has 0 unspecified atom stereocenters. The van der Waals surface area contributed by atoms with Gasteiger partial charge in [-0.2, -0.15) is 0 Å². The highest BCUT2D eigenvalue weighted by Gasteiger charge is 2.16. The number of benzene rings is 1. The van der Waals surface area contributed by atoms with Crippen molar-refractivity contribution in [1.82, 2.24) is 10.3 Å². The molecule has 2 N–H and O–H groups in total. The van der Waals surface area contributed by atoms with Gasteiger partial charge in [-0.05, 0) is 31.0 Å². The van der Waals surface area contributed by atoms with E-state index in [1.54, 1.807) is 0 Å². The van der Waals surface area contributed by atoms with E-state index >= 15 is 0 Å². The number of aromatic nitrogens is 1. The minimum absolute atomic E-state index is 0.0609. The van der Waals surface area contributed by atoms with E-state index in [-0.39, 0.29) is 11.3 Å². The molecule has 0 saturated heterocycles. The van der Waals surface area contributed by atoms with Gasteiger partial charge in [0.25, 0.3) is 5.91 Å². The zero-order valence-corrected chi connectivity index (χ0v) is 11.7. The standard InChI is InChI=1S/C16H16N2O3/c1-11-4-2-5-12(10-11)7-9-18-15(19)14-13(16(20)21)6-3-8-17-14/h2-6,8,10H,7,9H2,1H3,(H,18,19)(H,20,21). The Kier molecular flexibility index (Phi) is 4.66. The molecule has 0 fully saturated rings. The van der Waals surface area contributed by atoms with Gasteiger partial charge in [-0.25, -0.2) is 4.79 Å². The Labute approximate surface area is 122 Å². The van der Waals surface area contributed by atoms with Crippen molar-refractivity contribution in [3.05, 3.63) is 65.0 Å². The molecule has 2 aromatic rings. The maximum atomic E-state index is 12.0. The fraction of sp³-hybridized carbons (Fsp3) is 0.188. The normalized spacial score (nSPS) is 10.1. The van der Waals surface area contributed by atoms with Gasteiger partial charge in [0.05, 0.1) is 5.56 Å². The summed E-state index contributed by atoms with van der Waals surface area (Å²) in [6.45, 7) is 2.44. The number of rotatable bonds is 5. The van der Waals surface area contributed by atoms with E-state index in [0.29, 0.717) is 13.0 Å². The lowest BCUT2D eigenvalue weighted by Crippen LogP contribution is -2.28. The van der Waals surface area contributed by atoms with E-state index in [1.807, 2.05) is 25.1 Å². The number of nitrogens with zero attached hydrogens (tertiary/aromatic N) is 1. The molecule has 0 aliphatic heterocycles. The molecule has 0 aliphatic rings. The Hall–Kier alpha value is -2.69. The van der Waals surface area contributed by atoms with E-state index in [2.05, 4.69) is 16.4 Å². The molecule has 0 atom stereocenters. The lowest BCUT2D eigenvalue weighted by molar-refractivity contribution is 0.0690. The largest absolute Gasteiger partial charge is 0.478 e. The van der Waals surface area contributed by atoms with Gasteiger partial charge >= 0.3 is 5.97 Å². The Morgan fingerprint density at radius 3 is 2.76 bits per heavy atom. The number of carbonyl (C=O) groups is 2. The van der Waals surface area contributed by atoms with Gasteiger partial charge in [-0.3, -0.25) is 9.78 Å². The van der Waals surface area contributed by atoms with Crippen LogP contribution in [0, 0.1) is 6.92 Å². The van der Waals surface area contributed by atoms with Crippen LogP contribution in [0.3, 0.4) is 0 Å². The molecule has 5 heteroatoms. The average Bonchev–Trinajstić information content (AvgIpc) is 2.47. The van der Waals surface area contributed by atoms with Crippen molar-refractivity contribution in [1.29, 1.82) is 0 Å². The second-order valence-corrected chi connectivity index (χ2v) is 4.70. The fourth-order valence-electron chi connectivity index (χ4n) is 2.03. The Balaban J connectivity index is 1.98. The molecular weight excluding hydrogens is 268 g/mol. The molecular formula is C16H16N2O3. The summed E-state index contributed by atoms with van der Waals surface area (Å²) in [5, 5.41) is 11.7. The molecule has 1 heterocycles. The second-order valence-electron chi connectivity index (χ2n) is 4.70. The number of pyridine rings is 1. The molecule has 21 heavy (non-hydrogen) atoms. The lowest BCUT2D eigenvalue weighted by atomic mass is 10.1. The van der Waals surface area contributed by atoms with Gasteiger partial charge < -0.3 is 10.4 Å². The molecule has 0 radical (unpaired) electrons. The van der Waals surface area contributed by atoms with E-state index in [4.69, 9.17) is 5.11 Å². The highest BCUT2D eigenvalue weighted by Crippen LogP contribution is 2.06. The maximum absolute atomic E-state index is 12.0. The topological polar surface area (TPSA) is 79.3 Å². The Morgan fingerprint density at radius 1 is 1.24 bits per heavy atom. The minimum atomic E-state index is -1.16. The van der Waals surface area contributed by atoms with Crippen molar-refractivity contribution >= 4 is 11.9 Å². The summed E-state index contributed by atoms with van der Waals surface area (Å²) in [6.07, 6.45) is 2.09. The number of carbonyl (C=O) groups excluding carboxylic acids is 1. The first-order valence-corrected chi connectivity index (χ1v) is 6.60. The van der Waals surface area contributed by atoms with Crippen LogP contribution in [0.25, 0.3) is 0 Å². The van der Waals surface area contributed by atoms with Crippen LogP contribution in [0.4, 0.5) is 0 Å². The molecule has 0 saturated carbocycles. The second kappa shape index (κ2) is 6.65. The lowest BCUT2D eigenvalue weighted by Gasteiger charge is -2.07. The SMILES string of the molecule is Cc1cccc(CCNC(=O)c2ncccc2C(=O)O)c1. The van der Waals surface area contributed by atoms with Gasteiger partial charge in [0.15, 0.2) is 0 Å². The zero-order chi connectivity index (χ0) is 15.2. The maximum Gasteiger partial charge on any atom is 0.338 e. The van der Waals surface area contributed by atoms with Gasteiger partial charge in [0.1, 0.15) is 5.69 Å². The van der Waals surface area contributed by atoms with Crippen molar-refractivity contribution in [3.8, 4) is 0 Å². The number of amides is 1. The summed E-state index contributed by atoms with van der Waals surface area (Å²) in [5.41, 5.74) is 2.13. The van der Waals surface area contributed by atoms with E-state index in [0.717, 1.165) is 11.1 Å². The first-order chi connectivity index (χ1) is 10.1. The Bertz CT molecular complexity index is 668. The van der Waals surface area contributed by atoms with Crippen LogP contribution in [0.2, 0.25) is 0 Å². The predicted molar refractivity (Wildman–Crippen MR) is 78.4 cm³/mol. The van der Waals surface area contributed by atoms with Gasteiger partial charge in [-0.15, -0.1) is 0 Å². The highest BCUT2D eigenvalue weighted by molar-refractivity contribution is 6.03. The Morgan fingerprint density at radius 2 is 2.05 bits per heavy atom. The quantitative estimate of drug-likeness (QED) is 0.880. The summed E-state index contributed by atoms with van der Waals surface area (Å²) >= 11 is 0. The van der Waals surface area contributed by atoms with Crippen molar-refractivity contribution in [3.63, 3.8) is 0 Å². The van der Waals surface area contributed by atoms with Crippen LogP contribution < -0.4 is 5.32 Å². The van der Waals surface area contributed by atoms with Crippen molar-refractivity contribution in [2.24, 2.45) is 0 Å². The summed E-state index contributed by atoms with van der Waals surface area (Å²) in [6, 6.07) is 10.9. The predicted octanol–water partition coefficient (Wildman–Crippen LogP) is 2.06. The third-order valence-corrected chi connectivity index (χ3v) is 3.03. The number of nitrogens with one attached hydrogen (secondary N) is 1. The number of carboxylic acid groups (broad SMARTS) is 1. The molecule has 1 aromatic heterocycles. The third kappa shape index (κ3) is 3.89. The number of aryl methyl sites for hydroxylation is 1. The third-order valence-electron chi connectivity index (χ3n) is 3.03. The van der Waals surface area contributed by atoms with Crippen LogP contribution in [-0.2, 0) is 6.42 Å². The smallest absolute Gasteiger partial charge is 0.338 e. The zero-order valence-electron chi connectivity index (χ0n) is 11.7. The molecule has 2 rings (SSSR count). The summed E-state index contributed by atoms with van der Waals surface area (Å²) in [5.74, 6) is -1.63. The first kappa shape index (κ1) is 14.7. The van der Waals surface area contributed by atoms with Gasteiger partial charge in [-0.1, -0.05) is 29.8 Å². The molecule has 108 valence electrons. The van der Waals surface area contributed by atoms with Crippen LogP contribution >= 0.6 is 0 Å². The van der Waals surface area contributed by atoms with Crippen LogP contribution in [0.15, 0.2) is 42.6 Å². The fourth-order valence-corrected chi connectivity index (χ4v) is 2.03. The number of hydrogen-bond donors (Lipinski definition) is 2. The van der Waals surface area contributed by atoms with Crippen LogP contribution in [0.5, 0.6) is 0 Å². The van der Waals surface area contributed by atoms with E-state index in [9.17, 15) is 9.59 Å². The molecule has 1 aromatic carbocycles. The molecule has 0 spiro atoms. The monoisotopic (exact) mass is 284 g/mol.